The summed E-state index contributed by atoms with van der Waals surface area (Å²) in [6.45, 7) is 0. The molecule has 5 rings (SSSR count). The molecular formula is C17H20ClFO. The number of aliphatic hydroxyl groups is 1. The summed E-state index contributed by atoms with van der Waals surface area (Å²) in [5.41, 5.74) is -0.133. The summed E-state index contributed by atoms with van der Waals surface area (Å²) in [4.78, 5) is 0. The van der Waals surface area contributed by atoms with Crippen LogP contribution in [0.2, 0.25) is 5.02 Å². The van der Waals surface area contributed by atoms with Gasteiger partial charge in [-0.1, -0.05) is 11.6 Å². The van der Waals surface area contributed by atoms with Crippen molar-refractivity contribution in [3.63, 3.8) is 0 Å². The predicted molar refractivity (Wildman–Crippen MR) is 77.1 cm³/mol. The number of rotatable bonds is 2. The van der Waals surface area contributed by atoms with E-state index >= 15 is 0 Å². The third kappa shape index (κ3) is 1.92. The van der Waals surface area contributed by atoms with Crippen LogP contribution in [0, 0.1) is 29.5 Å². The van der Waals surface area contributed by atoms with Gasteiger partial charge in [-0.3, -0.25) is 0 Å². The van der Waals surface area contributed by atoms with E-state index in [1.165, 1.54) is 12.5 Å². The van der Waals surface area contributed by atoms with Gasteiger partial charge in [-0.05, 0) is 79.5 Å². The van der Waals surface area contributed by atoms with Crippen LogP contribution in [0.5, 0.6) is 0 Å². The summed E-state index contributed by atoms with van der Waals surface area (Å²) < 4.78 is 14.0. The Morgan fingerprint density at radius 3 is 2.30 bits per heavy atom. The standard InChI is InChI=1S/C17H20ClFO/c18-15-1-2-16(19)12(8-15)9-17(20)13-4-10-3-11(6-13)7-14(17)5-10/h1-2,8,10-11,13-14,20H,3-7,9H2. The molecular weight excluding hydrogens is 275 g/mol. The highest BCUT2D eigenvalue weighted by molar-refractivity contribution is 6.30. The topological polar surface area (TPSA) is 20.2 Å². The highest BCUT2D eigenvalue weighted by atomic mass is 35.5. The third-order valence-corrected chi connectivity index (χ3v) is 6.27. The van der Waals surface area contributed by atoms with Crippen LogP contribution in [-0.4, -0.2) is 10.7 Å². The van der Waals surface area contributed by atoms with E-state index in [-0.39, 0.29) is 5.82 Å². The maximum Gasteiger partial charge on any atom is 0.126 e. The zero-order chi connectivity index (χ0) is 13.9. The molecule has 0 unspecified atom stereocenters. The molecule has 0 heterocycles. The van der Waals surface area contributed by atoms with Gasteiger partial charge in [-0.15, -0.1) is 0 Å². The summed E-state index contributed by atoms with van der Waals surface area (Å²) in [6.07, 6.45) is 6.30. The van der Waals surface area contributed by atoms with Crippen LogP contribution in [0.3, 0.4) is 0 Å². The van der Waals surface area contributed by atoms with Gasteiger partial charge in [0.15, 0.2) is 0 Å². The fraction of sp³-hybridized carbons (Fsp3) is 0.647. The molecule has 20 heavy (non-hydrogen) atoms. The summed E-state index contributed by atoms with van der Waals surface area (Å²) >= 11 is 5.98. The monoisotopic (exact) mass is 294 g/mol. The van der Waals surface area contributed by atoms with Crippen molar-refractivity contribution in [2.45, 2.75) is 44.1 Å². The molecule has 108 valence electrons. The Morgan fingerprint density at radius 1 is 1.10 bits per heavy atom. The zero-order valence-corrected chi connectivity index (χ0v) is 12.2. The molecule has 1 aromatic rings. The minimum Gasteiger partial charge on any atom is -0.389 e. The van der Waals surface area contributed by atoms with Crippen molar-refractivity contribution in [3.8, 4) is 0 Å². The normalized spacial score (nSPS) is 42.1. The number of benzene rings is 1. The first-order valence-electron chi connectivity index (χ1n) is 7.71. The smallest absolute Gasteiger partial charge is 0.126 e. The zero-order valence-electron chi connectivity index (χ0n) is 11.5. The second-order valence-corrected chi connectivity index (χ2v) is 7.64. The highest BCUT2D eigenvalue weighted by Crippen LogP contribution is 2.59. The fourth-order valence-corrected chi connectivity index (χ4v) is 5.47. The van der Waals surface area contributed by atoms with Crippen molar-refractivity contribution >= 4 is 11.6 Å². The molecule has 0 radical (unpaired) electrons. The molecule has 0 aromatic heterocycles. The maximum absolute atomic E-state index is 14.0. The Bertz CT molecular complexity index is 514. The first kappa shape index (κ1) is 13.1. The first-order valence-corrected chi connectivity index (χ1v) is 8.08. The molecule has 1 N–H and O–H groups in total. The maximum atomic E-state index is 14.0. The van der Waals surface area contributed by atoms with E-state index in [1.807, 2.05) is 0 Å². The number of hydrogen-bond acceptors (Lipinski definition) is 1. The second-order valence-electron chi connectivity index (χ2n) is 7.21. The van der Waals surface area contributed by atoms with E-state index in [0.29, 0.717) is 28.8 Å². The molecule has 4 saturated carbocycles. The van der Waals surface area contributed by atoms with Crippen LogP contribution in [0.1, 0.15) is 37.7 Å². The Balaban J connectivity index is 1.66. The lowest BCUT2D eigenvalue weighted by molar-refractivity contribution is -0.172. The molecule has 1 nitrogen and oxygen atoms in total. The Labute approximate surface area is 124 Å². The van der Waals surface area contributed by atoms with E-state index in [0.717, 1.165) is 37.5 Å². The molecule has 0 spiro atoms. The van der Waals surface area contributed by atoms with E-state index in [1.54, 1.807) is 12.1 Å². The van der Waals surface area contributed by atoms with Crippen LogP contribution in [0.25, 0.3) is 0 Å². The molecule has 3 heteroatoms. The summed E-state index contributed by atoms with van der Waals surface area (Å²) in [7, 11) is 0. The predicted octanol–water partition coefficient (Wildman–Crippen LogP) is 4.21. The summed E-state index contributed by atoms with van der Waals surface area (Å²) in [5, 5.41) is 11.8. The van der Waals surface area contributed by atoms with Gasteiger partial charge in [-0.25, -0.2) is 4.39 Å². The van der Waals surface area contributed by atoms with Gasteiger partial charge in [-0.2, -0.15) is 0 Å². The van der Waals surface area contributed by atoms with Crippen LogP contribution in [-0.2, 0) is 6.42 Å². The van der Waals surface area contributed by atoms with Crippen molar-refractivity contribution in [2.24, 2.45) is 23.7 Å². The quantitative estimate of drug-likeness (QED) is 0.866. The Kier molecular flexibility index (Phi) is 2.91. The largest absolute Gasteiger partial charge is 0.389 e. The van der Waals surface area contributed by atoms with Crippen LogP contribution < -0.4 is 0 Å². The first-order chi connectivity index (χ1) is 9.54. The SMILES string of the molecule is OC1(Cc2cc(Cl)ccc2F)C2CC3CC(C2)CC1C3. The average Bonchev–Trinajstić information content (AvgIpc) is 2.40. The van der Waals surface area contributed by atoms with Crippen LogP contribution >= 0.6 is 11.6 Å². The van der Waals surface area contributed by atoms with Crippen LogP contribution in [0.4, 0.5) is 4.39 Å². The minimum atomic E-state index is -0.709. The lowest BCUT2D eigenvalue weighted by Crippen LogP contribution is -2.58. The van der Waals surface area contributed by atoms with Crippen molar-refractivity contribution in [1.29, 1.82) is 0 Å². The average molecular weight is 295 g/mol. The minimum absolute atomic E-state index is 0.239. The molecule has 0 amide bonds. The molecule has 0 aliphatic heterocycles. The Morgan fingerprint density at radius 2 is 1.70 bits per heavy atom. The molecule has 1 aromatic carbocycles. The summed E-state index contributed by atoms with van der Waals surface area (Å²) in [6, 6.07) is 4.67. The third-order valence-electron chi connectivity index (χ3n) is 6.03. The molecule has 0 saturated heterocycles. The highest BCUT2D eigenvalue weighted by Gasteiger charge is 2.56. The van der Waals surface area contributed by atoms with Gasteiger partial charge in [0.05, 0.1) is 5.60 Å². The fourth-order valence-electron chi connectivity index (χ4n) is 5.27. The van der Waals surface area contributed by atoms with Crippen molar-refractivity contribution in [3.05, 3.63) is 34.6 Å². The molecule has 4 aliphatic carbocycles. The van der Waals surface area contributed by atoms with Crippen molar-refractivity contribution in [1.82, 2.24) is 0 Å². The van der Waals surface area contributed by atoms with Gasteiger partial charge in [0.25, 0.3) is 0 Å². The van der Waals surface area contributed by atoms with Gasteiger partial charge in [0, 0.05) is 11.4 Å². The molecule has 4 aliphatic rings. The van der Waals surface area contributed by atoms with E-state index in [9.17, 15) is 9.50 Å². The molecule has 4 bridgehead atoms. The lowest BCUT2D eigenvalue weighted by atomic mass is 9.49. The lowest BCUT2D eigenvalue weighted by Gasteiger charge is -2.59. The van der Waals surface area contributed by atoms with E-state index in [2.05, 4.69) is 0 Å². The van der Waals surface area contributed by atoms with E-state index < -0.39 is 5.60 Å². The number of hydrogen-bond donors (Lipinski definition) is 1. The Hall–Kier alpha value is -0.600. The van der Waals surface area contributed by atoms with Gasteiger partial charge < -0.3 is 5.11 Å². The number of halogens is 2. The molecule has 4 fully saturated rings. The van der Waals surface area contributed by atoms with Gasteiger partial charge >= 0.3 is 0 Å². The van der Waals surface area contributed by atoms with Crippen molar-refractivity contribution < 1.29 is 9.50 Å². The van der Waals surface area contributed by atoms with Crippen molar-refractivity contribution in [2.75, 3.05) is 0 Å². The summed E-state index contributed by atoms with van der Waals surface area (Å²) in [5.74, 6) is 2.09. The molecule has 0 atom stereocenters. The van der Waals surface area contributed by atoms with Gasteiger partial charge in [0.1, 0.15) is 5.82 Å². The second kappa shape index (κ2) is 4.45. The van der Waals surface area contributed by atoms with Gasteiger partial charge in [0.2, 0.25) is 0 Å². The van der Waals surface area contributed by atoms with E-state index in [4.69, 9.17) is 11.6 Å². The van der Waals surface area contributed by atoms with Crippen LogP contribution in [0.15, 0.2) is 18.2 Å².